The van der Waals surface area contributed by atoms with Crippen molar-refractivity contribution < 1.29 is 0 Å². The van der Waals surface area contributed by atoms with Crippen LogP contribution in [0, 0.1) is 11.3 Å². The van der Waals surface area contributed by atoms with Gasteiger partial charge in [0.2, 0.25) is 0 Å². The second-order valence-electron chi connectivity index (χ2n) is 8.29. The molecule has 1 saturated heterocycles. The Kier molecular flexibility index (Phi) is 8.46. The number of halogens is 2. The zero-order valence-corrected chi connectivity index (χ0v) is 20.9. The van der Waals surface area contributed by atoms with Gasteiger partial charge in [-0.15, -0.1) is 23.2 Å². The molecule has 0 spiro atoms. The summed E-state index contributed by atoms with van der Waals surface area (Å²) in [6.07, 6.45) is 1.57. The van der Waals surface area contributed by atoms with Gasteiger partial charge in [0, 0.05) is 75.0 Å². The molecule has 0 bridgehead atoms. The van der Waals surface area contributed by atoms with Crippen molar-refractivity contribution in [2.24, 2.45) is 0 Å². The lowest BCUT2D eigenvalue weighted by molar-refractivity contribution is 0.131. The minimum absolute atomic E-state index is 0.463. The minimum Gasteiger partial charge on any atom is -0.369 e. The third-order valence-corrected chi connectivity index (χ3v) is 6.47. The van der Waals surface area contributed by atoms with E-state index in [4.69, 9.17) is 28.2 Å². The molecule has 1 aliphatic rings. The second-order valence-corrected chi connectivity index (χ2v) is 9.04. The average molecular weight is 501 g/mol. The smallest absolute Gasteiger partial charge is 0.175 e. The Balaban J connectivity index is 1.61. The molecule has 180 valence electrons. The first-order chi connectivity index (χ1) is 16.6. The van der Waals surface area contributed by atoms with E-state index in [0.29, 0.717) is 23.0 Å². The molecule has 0 unspecified atom stereocenters. The number of rotatable bonds is 10. The van der Waals surface area contributed by atoms with E-state index in [1.807, 2.05) is 18.2 Å². The zero-order chi connectivity index (χ0) is 23.9. The number of piperazine rings is 1. The summed E-state index contributed by atoms with van der Waals surface area (Å²) in [6.45, 7) is 9.60. The summed E-state index contributed by atoms with van der Waals surface area (Å²) < 4.78 is 1.69. The average Bonchev–Trinajstić information content (AvgIpc) is 3.28. The maximum absolute atomic E-state index is 9.57. The highest BCUT2D eigenvalue weighted by Crippen LogP contribution is 2.25. The van der Waals surface area contributed by atoms with Crippen LogP contribution in [0.5, 0.6) is 0 Å². The van der Waals surface area contributed by atoms with Crippen LogP contribution in [0.4, 0.5) is 17.2 Å². The van der Waals surface area contributed by atoms with Gasteiger partial charge in [-0.3, -0.25) is 4.90 Å². The minimum atomic E-state index is 0.463. The van der Waals surface area contributed by atoms with Gasteiger partial charge in [0.1, 0.15) is 17.5 Å². The zero-order valence-electron chi connectivity index (χ0n) is 19.4. The third kappa shape index (κ3) is 5.73. The predicted octanol–water partition coefficient (Wildman–Crippen LogP) is 3.77. The molecule has 0 atom stereocenters. The van der Waals surface area contributed by atoms with E-state index in [0.717, 1.165) is 75.2 Å². The molecule has 1 aliphatic heterocycles. The van der Waals surface area contributed by atoms with E-state index >= 15 is 0 Å². The van der Waals surface area contributed by atoms with E-state index in [2.05, 4.69) is 50.2 Å². The van der Waals surface area contributed by atoms with Gasteiger partial charge in [-0.1, -0.05) is 13.0 Å². The van der Waals surface area contributed by atoms with Crippen LogP contribution in [-0.2, 0) is 6.54 Å². The number of nitrogens with one attached hydrogen (secondary N) is 1. The van der Waals surface area contributed by atoms with Gasteiger partial charge in [0.15, 0.2) is 5.65 Å². The van der Waals surface area contributed by atoms with Crippen molar-refractivity contribution in [1.29, 1.82) is 5.26 Å². The number of alkyl halides is 2. The van der Waals surface area contributed by atoms with Gasteiger partial charge in [-0.05, 0) is 24.7 Å². The van der Waals surface area contributed by atoms with Crippen LogP contribution in [0.2, 0.25) is 0 Å². The summed E-state index contributed by atoms with van der Waals surface area (Å²) in [5.74, 6) is 1.83. The van der Waals surface area contributed by atoms with Crippen LogP contribution < -0.4 is 10.2 Å². The summed E-state index contributed by atoms with van der Waals surface area (Å²) in [5.41, 5.74) is 3.90. The number of anilines is 3. The van der Waals surface area contributed by atoms with Crippen molar-refractivity contribution in [2.75, 3.05) is 67.8 Å². The normalized spacial score (nSPS) is 14.9. The summed E-state index contributed by atoms with van der Waals surface area (Å²) >= 11 is 12.0. The molecule has 4 rings (SSSR count). The highest BCUT2D eigenvalue weighted by molar-refractivity contribution is 6.18. The Hall–Kier alpha value is -2.57. The molecule has 1 N–H and O–H groups in total. The van der Waals surface area contributed by atoms with Gasteiger partial charge < -0.3 is 15.1 Å². The molecule has 1 fully saturated rings. The van der Waals surface area contributed by atoms with E-state index in [-0.39, 0.29) is 0 Å². The molecular formula is C24H30Cl2N8. The number of benzene rings is 1. The van der Waals surface area contributed by atoms with Crippen LogP contribution in [0.15, 0.2) is 36.5 Å². The molecule has 2 aromatic heterocycles. The largest absolute Gasteiger partial charge is 0.369 e. The Bertz CT molecular complexity index is 1130. The van der Waals surface area contributed by atoms with Gasteiger partial charge in [-0.2, -0.15) is 14.9 Å². The number of hydrogen-bond acceptors (Lipinski definition) is 7. The standard InChI is InChI=1S/C24H30Cl2N8/c1-2-31-10-12-32(13-11-31)18-21-15-23(34-24(30-21)19(16-27)17-28-34)29-20-4-3-5-22(14-20)33(8-6-25)9-7-26/h3-5,14-15,17,29H,2,6-13,18H2,1H3. The van der Waals surface area contributed by atoms with E-state index in [1.54, 1.807) is 10.7 Å². The second kappa shape index (κ2) is 11.7. The molecule has 34 heavy (non-hydrogen) atoms. The van der Waals surface area contributed by atoms with E-state index < -0.39 is 0 Å². The Morgan fingerprint density at radius 3 is 2.50 bits per heavy atom. The van der Waals surface area contributed by atoms with Crippen molar-refractivity contribution in [2.45, 2.75) is 13.5 Å². The Morgan fingerprint density at radius 2 is 1.82 bits per heavy atom. The van der Waals surface area contributed by atoms with Crippen LogP contribution in [0.3, 0.4) is 0 Å². The third-order valence-electron chi connectivity index (χ3n) is 6.14. The molecule has 0 radical (unpaired) electrons. The number of aromatic nitrogens is 3. The van der Waals surface area contributed by atoms with Gasteiger partial charge in [0.05, 0.1) is 11.9 Å². The lowest BCUT2D eigenvalue weighted by Crippen LogP contribution is -2.45. The van der Waals surface area contributed by atoms with Crippen molar-refractivity contribution in [3.8, 4) is 6.07 Å². The van der Waals surface area contributed by atoms with Crippen molar-refractivity contribution in [3.05, 3.63) is 47.8 Å². The number of likely N-dealkylation sites (N-methyl/N-ethyl adjacent to an activating group) is 1. The fourth-order valence-electron chi connectivity index (χ4n) is 4.26. The lowest BCUT2D eigenvalue weighted by atomic mass is 10.2. The Labute approximate surface area is 210 Å². The number of nitrogens with zero attached hydrogens (tertiary/aromatic N) is 7. The summed E-state index contributed by atoms with van der Waals surface area (Å²) in [7, 11) is 0. The number of fused-ring (bicyclic) bond motifs is 1. The number of nitriles is 1. The quantitative estimate of drug-likeness (QED) is 0.424. The molecule has 8 nitrogen and oxygen atoms in total. The molecule has 0 saturated carbocycles. The summed E-state index contributed by atoms with van der Waals surface area (Å²) in [4.78, 5) is 11.8. The summed E-state index contributed by atoms with van der Waals surface area (Å²) in [5, 5.41) is 17.5. The Morgan fingerprint density at radius 1 is 1.09 bits per heavy atom. The molecule has 3 aromatic rings. The van der Waals surface area contributed by atoms with Gasteiger partial charge in [-0.25, -0.2) is 4.98 Å². The molecule has 10 heteroatoms. The number of hydrogen-bond donors (Lipinski definition) is 1. The van der Waals surface area contributed by atoms with Crippen LogP contribution in [-0.4, -0.2) is 82.0 Å². The first-order valence-electron chi connectivity index (χ1n) is 11.6. The van der Waals surface area contributed by atoms with Gasteiger partial charge in [0.25, 0.3) is 0 Å². The van der Waals surface area contributed by atoms with E-state index in [9.17, 15) is 5.26 Å². The van der Waals surface area contributed by atoms with Crippen LogP contribution in [0.1, 0.15) is 18.2 Å². The van der Waals surface area contributed by atoms with Crippen molar-refractivity contribution in [3.63, 3.8) is 0 Å². The van der Waals surface area contributed by atoms with Crippen LogP contribution >= 0.6 is 23.2 Å². The predicted molar refractivity (Wildman–Crippen MR) is 138 cm³/mol. The molecule has 0 amide bonds. The molecule has 0 aliphatic carbocycles. The first-order valence-corrected chi connectivity index (χ1v) is 12.7. The fourth-order valence-corrected chi connectivity index (χ4v) is 4.67. The van der Waals surface area contributed by atoms with Crippen molar-refractivity contribution >= 4 is 46.0 Å². The topological polar surface area (TPSA) is 75.7 Å². The lowest BCUT2D eigenvalue weighted by Gasteiger charge is -2.33. The van der Waals surface area contributed by atoms with Gasteiger partial charge >= 0.3 is 0 Å². The van der Waals surface area contributed by atoms with Crippen molar-refractivity contribution in [1.82, 2.24) is 24.4 Å². The highest BCUT2D eigenvalue weighted by Gasteiger charge is 2.18. The molecule has 1 aromatic carbocycles. The SMILES string of the molecule is CCN1CCN(Cc2cc(Nc3cccc(N(CCCl)CCCl)c3)n3ncc(C#N)c3n2)CC1. The molecule has 3 heterocycles. The van der Waals surface area contributed by atoms with E-state index in [1.165, 1.54) is 0 Å². The fraction of sp³-hybridized carbons (Fsp3) is 0.458. The summed E-state index contributed by atoms with van der Waals surface area (Å²) in [6, 6.07) is 12.4. The first kappa shape index (κ1) is 24.6. The maximum Gasteiger partial charge on any atom is 0.175 e. The van der Waals surface area contributed by atoms with Crippen LogP contribution in [0.25, 0.3) is 5.65 Å². The molecular weight excluding hydrogens is 471 g/mol. The highest BCUT2D eigenvalue weighted by atomic mass is 35.5. The monoisotopic (exact) mass is 500 g/mol. The maximum atomic E-state index is 9.57.